The summed E-state index contributed by atoms with van der Waals surface area (Å²) in [6.07, 6.45) is 3.33. The highest BCUT2D eigenvalue weighted by atomic mass is 32.1. The summed E-state index contributed by atoms with van der Waals surface area (Å²) in [6, 6.07) is 5.51. The Labute approximate surface area is 173 Å². The molecule has 1 amide bonds. The molecule has 1 N–H and O–H groups in total. The molecule has 0 saturated heterocycles. The van der Waals surface area contributed by atoms with E-state index in [2.05, 4.69) is 27.4 Å². The number of nitrogens with one attached hydrogen (secondary N) is 1. The second kappa shape index (κ2) is 10.0. The molecule has 154 valence electrons. The number of amides is 1. The van der Waals surface area contributed by atoms with Crippen molar-refractivity contribution in [2.45, 2.75) is 39.0 Å². The predicted octanol–water partition coefficient (Wildman–Crippen LogP) is 4.12. The number of hydrogen-bond acceptors (Lipinski definition) is 8. The number of thiazole rings is 1. The third-order valence-electron chi connectivity index (χ3n) is 4.21. The second-order valence-corrected chi connectivity index (χ2v) is 7.22. The summed E-state index contributed by atoms with van der Waals surface area (Å²) in [4.78, 5) is 21.0. The number of hydrogen-bond donors (Lipinski definition) is 1. The molecular formula is C20H24N4O4S. The standard InChI is InChI=1S/C20H24N4O4S/c1-4-6-17-22-19(28-24-17)8-5-7-18(25)23-20-21-15(12-29-20)14-11-13(26-2)9-10-16(14)27-3/h9-12H,4-8H2,1-3H3,(H,21,23,25). The zero-order valence-electron chi connectivity index (χ0n) is 16.7. The molecule has 2 heterocycles. The fourth-order valence-corrected chi connectivity index (χ4v) is 3.49. The zero-order chi connectivity index (χ0) is 20.6. The van der Waals surface area contributed by atoms with Gasteiger partial charge in [-0.15, -0.1) is 11.3 Å². The number of rotatable bonds is 10. The third-order valence-corrected chi connectivity index (χ3v) is 4.97. The summed E-state index contributed by atoms with van der Waals surface area (Å²) < 4.78 is 15.9. The van der Waals surface area contributed by atoms with Gasteiger partial charge in [0.2, 0.25) is 11.8 Å². The number of anilines is 1. The molecule has 2 aromatic heterocycles. The van der Waals surface area contributed by atoms with E-state index in [4.69, 9.17) is 14.0 Å². The highest BCUT2D eigenvalue weighted by Gasteiger charge is 2.13. The molecule has 3 rings (SSSR count). The quantitative estimate of drug-likeness (QED) is 0.530. The van der Waals surface area contributed by atoms with Crippen molar-refractivity contribution in [1.82, 2.24) is 15.1 Å². The highest BCUT2D eigenvalue weighted by Crippen LogP contribution is 2.35. The fraction of sp³-hybridized carbons (Fsp3) is 0.400. The number of nitrogens with zero attached hydrogens (tertiary/aromatic N) is 3. The molecule has 0 aliphatic rings. The maximum absolute atomic E-state index is 12.2. The number of carbonyl (C=O) groups excluding carboxylic acids is 1. The molecule has 0 atom stereocenters. The van der Waals surface area contributed by atoms with Crippen LogP contribution in [0.5, 0.6) is 11.5 Å². The Kier molecular flexibility index (Phi) is 7.18. The summed E-state index contributed by atoms with van der Waals surface area (Å²) in [5.41, 5.74) is 1.53. The van der Waals surface area contributed by atoms with Crippen LogP contribution >= 0.6 is 11.3 Å². The van der Waals surface area contributed by atoms with E-state index < -0.39 is 0 Å². The van der Waals surface area contributed by atoms with E-state index in [0.717, 1.165) is 29.9 Å². The van der Waals surface area contributed by atoms with Gasteiger partial charge < -0.3 is 19.3 Å². The van der Waals surface area contributed by atoms with E-state index in [1.165, 1.54) is 11.3 Å². The van der Waals surface area contributed by atoms with Gasteiger partial charge in [0.1, 0.15) is 11.5 Å². The molecule has 0 aliphatic carbocycles. The maximum Gasteiger partial charge on any atom is 0.226 e. The molecule has 0 saturated carbocycles. The maximum atomic E-state index is 12.2. The van der Waals surface area contributed by atoms with Gasteiger partial charge in [0, 0.05) is 30.2 Å². The molecule has 1 aromatic carbocycles. The lowest BCUT2D eigenvalue weighted by Crippen LogP contribution is -2.11. The summed E-state index contributed by atoms with van der Waals surface area (Å²) in [6.45, 7) is 2.06. The fourth-order valence-electron chi connectivity index (χ4n) is 2.77. The smallest absolute Gasteiger partial charge is 0.226 e. The Balaban J connectivity index is 1.55. The Morgan fingerprint density at radius 3 is 2.83 bits per heavy atom. The van der Waals surface area contributed by atoms with Crippen LogP contribution in [0.15, 0.2) is 28.1 Å². The van der Waals surface area contributed by atoms with Crippen LogP contribution in [0, 0.1) is 0 Å². The van der Waals surface area contributed by atoms with Gasteiger partial charge in [-0.05, 0) is 31.0 Å². The van der Waals surface area contributed by atoms with Crippen molar-refractivity contribution in [3.63, 3.8) is 0 Å². The van der Waals surface area contributed by atoms with E-state index in [9.17, 15) is 4.79 Å². The van der Waals surface area contributed by atoms with Crippen LogP contribution in [0.25, 0.3) is 11.3 Å². The average molecular weight is 417 g/mol. The zero-order valence-corrected chi connectivity index (χ0v) is 17.5. The van der Waals surface area contributed by atoms with Crippen molar-refractivity contribution >= 4 is 22.4 Å². The SMILES string of the molecule is CCCc1noc(CCCC(=O)Nc2nc(-c3cc(OC)ccc3OC)cs2)n1. The van der Waals surface area contributed by atoms with Gasteiger partial charge in [0.25, 0.3) is 0 Å². The third kappa shape index (κ3) is 5.54. The Hall–Kier alpha value is -2.94. The number of methoxy groups -OCH3 is 2. The molecule has 0 spiro atoms. The van der Waals surface area contributed by atoms with Gasteiger partial charge in [-0.2, -0.15) is 4.98 Å². The average Bonchev–Trinajstić information content (AvgIpc) is 3.37. The first kappa shape index (κ1) is 20.8. The van der Waals surface area contributed by atoms with Crippen molar-refractivity contribution in [2.24, 2.45) is 0 Å². The summed E-state index contributed by atoms with van der Waals surface area (Å²) in [5.74, 6) is 2.59. The number of aromatic nitrogens is 3. The van der Waals surface area contributed by atoms with Gasteiger partial charge >= 0.3 is 0 Å². The molecule has 9 heteroatoms. The molecule has 0 aliphatic heterocycles. The van der Waals surface area contributed by atoms with Crippen molar-refractivity contribution in [3.05, 3.63) is 35.3 Å². The first-order valence-corrected chi connectivity index (χ1v) is 10.3. The second-order valence-electron chi connectivity index (χ2n) is 6.36. The normalized spacial score (nSPS) is 10.7. The number of aryl methyl sites for hydroxylation is 2. The van der Waals surface area contributed by atoms with Gasteiger partial charge in [-0.1, -0.05) is 12.1 Å². The molecule has 3 aromatic rings. The number of ether oxygens (including phenoxy) is 2. The molecule has 0 unspecified atom stereocenters. The van der Waals surface area contributed by atoms with E-state index in [0.29, 0.717) is 41.8 Å². The lowest BCUT2D eigenvalue weighted by atomic mass is 10.1. The number of carbonyl (C=O) groups is 1. The Morgan fingerprint density at radius 2 is 2.07 bits per heavy atom. The summed E-state index contributed by atoms with van der Waals surface area (Å²) in [5, 5.41) is 9.17. The lowest BCUT2D eigenvalue weighted by molar-refractivity contribution is -0.116. The topological polar surface area (TPSA) is 99.4 Å². The largest absolute Gasteiger partial charge is 0.497 e. The minimum atomic E-state index is -0.100. The van der Waals surface area contributed by atoms with Gasteiger partial charge in [-0.3, -0.25) is 4.79 Å². The van der Waals surface area contributed by atoms with Crippen LogP contribution in [0.3, 0.4) is 0 Å². The van der Waals surface area contributed by atoms with E-state index >= 15 is 0 Å². The molecular weight excluding hydrogens is 392 g/mol. The minimum Gasteiger partial charge on any atom is -0.497 e. The molecule has 0 radical (unpaired) electrons. The lowest BCUT2D eigenvalue weighted by Gasteiger charge is -2.08. The van der Waals surface area contributed by atoms with Crippen LogP contribution in [-0.2, 0) is 17.6 Å². The molecule has 29 heavy (non-hydrogen) atoms. The highest BCUT2D eigenvalue weighted by molar-refractivity contribution is 7.14. The summed E-state index contributed by atoms with van der Waals surface area (Å²) in [7, 11) is 3.21. The molecule has 8 nitrogen and oxygen atoms in total. The Bertz CT molecular complexity index is 954. The van der Waals surface area contributed by atoms with Crippen molar-refractivity contribution in [1.29, 1.82) is 0 Å². The first-order valence-electron chi connectivity index (χ1n) is 9.42. The monoisotopic (exact) mass is 416 g/mol. The van der Waals surface area contributed by atoms with Crippen molar-refractivity contribution in [2.75, 3.05) is 19.5 Å². The van der Waals surface area contributed by atoms with E-state index in [1.54, 1.807) is 14.2 Å². The van der Waals surface area contributed by atoms with Crippen molar-refractivity contribution in [3.8, 4) is 22.8 Å². The molecule has 0 bridgehead atoms. The van der Waals surface area contributed by atoms with Crippen LogP contribution in [0.4, 0.5) is 5.13 Å². The van der Waals surface area contributed by atoms with Crippen LogP contribution in [0.1, 0.15) is 37.9 Å². The van der Waals surface area contributed by atoms with E-state index in [-0.39, 0.29) is 5.91 Å². The Morgan fingerprint density at radius 1 is 1.21 bits per heavy atom. The van der Waals surface area contributed by atoms with Crippen LogP contribution in [-0.4, -0.2) is 35.3 Å². The van der Waals surface area contributed by atoms with Crippen LogP contribution < -0.4 is 14.8 Å². The van der Waals surface area contributed by atoms with Gasteiger partial charge in [0.15, 0.2) is 11.0 Å². The van der Waals surface area contributed by atoms with Gasteiger partial charge in [-0.25, -0.2) is 4.98 Å². The minimum absolute atomic E-state index is 0.100. The van der Waals surface area contributed by atoms with Crippen molar-refractivity contribution < 1.29 is 18.8 Å². The molecule has 0 fully saturated rings. The number of benzene rings is 1. The van der Waals surface area contributed by atoms with Gasteiger partial charge in [0.05, 0.1) is 19.9 Å². The van der Waals surface area contributed by atoms with E-state index in [1.807, 2.05) is 23.6 Å². The van der Waals surface area contributed by atoms with Crippen LogP contribution in [0.2, 0.25) is 0 Å². The first-order chi connectivity index (χ1) is 14.1. The predicted molar refractivity (Wildman–Crippen MR) is 111 cm³/mol. The summed E-state index contributed by atoms with van der Waals surface area (Å²) >= 11 is 1.36.